The summed E-state index contributed by atoms with van der Waals surface area (Å²) in [6, 6.07) is 0. The summed E-state index contributed by atoms with van der Waals surface area (Å²) in [7, 11) is 0. The normalized spacial score (nSPS) is 14.1. The zero-order chi connectivity index (χ0) is 17.2. The Bertz CT molecular complexity index is 186. The summed E-state index contributed by atoms with van der Waals surface area (Å²) in [6.45, 7) is 9.53. The lowest BCUT2D eigenvalue weighted by Gasteiger charge is -2.12. The van der Waals surface area contributed by atoms with Gasteiger partial charge in [0.05, 0.1) is 0 Å². The van der Waals surface area contributed by atoms with Crippen LogP contribution in [0.2, 0.25) is 0 Å². The van der Waals surface area contributed by atoms with Crippen molar-refractivity contribution in [1.29, 1.82) is 0 Å². The first-order chi connectivity index (χ1) is 11.2. The van der Waals surface area contributed by atoms with Crippen LogP contribution in [0.1, 0.15) is 137 Å². The second-order valence-electron chi connectivity index (χ2n) is 8.25. The molecule has 0 aliphatic rings. The van der Waals surface area contributed by atoms with Gasteiger partial charge in [-0.15, -0.1) is 0 Å². The molecular formula is C23H48. The van der Waals surface area contributed by atoms with Gasteiger partial charge < -0.3 is 0 Å². The molecule has 0 aromatic rings. The van der Waals surface area contributed by atoms with Crippen LogP contribution in [0, 0.1) is 11.8 Å². The summed E-state index contributed by atoms with van der Waals surface area (Å²) in [5, 5.41) is 0. The quantitative estimate of drug-likeness (QED) is 0.221. The van der Waals surface area contributed by atoms with Crippen molar-refractivity contribution in [3.8, 4) is 0 Å². The Hall–Kier alpha value is 0. The van der Waals surface area contributed by atoms with Crippen molar-refractivity contribution >= 4 is 0 Å². The van der Waals surface area contributed by atoms with E-state index < -0.39 is 0 Å². The molecule has 0 rings (SSSR count). The lowest BCUT2D eigenvalue weighted by molar-refractivity contribution is 0.418. The Morgan fingerprint density at radius 2 is 0.652 bits per heavy atom. The first-order valence-electron chi connectivity index (χ1n) is 11.2. The van der Waals surface area contributed by atoms with Gasteiger partial charge in [-0.05, 0) is 11.8 Å². The molecule has 0 N–H and O–H groups in total. The van der Waals surface area contributed by atoms with Crippen LogP contribution in [-0.4, -0.2) is 0 Å². The Labute approximate surface area is 149 Å². The SMILES string of the molecule is CCCCCCC(C)CCCCCCCC(C)CCCCCC. The van der Waals surface area contributed by atoms with Gasteiger partial charge in [-0.1, -0.05) is 137 Å². The van der Waals surface area contributed by atoms with Crippen molar-refractivity contribution in [3.63, 3.8) is 0 Å². The fourth-order valence-electron chi connectivity index (χ4n) is 3.64. The summed E-state index contributed by atoms with van der Waals surface area (Å²) >= 11 is 0. The van der Waals surface area contributed by atoms with Crippen LogP contribution < -0.4 is 0 Å². The third kappa shape index (κ3) is 18.2. The van der Waals surface area contributed by atoms with Gasteiger partial charge in [0.1, 0.15) is 0 Å². The van der Waals surface area contributed by atoms with Crippen LogP contribution >= 0.6 is 0 Å². The molecule has 0 heteroatoms. The van der Waals surface area contributed by atoms with Crippen molar-refractivity contribution in [2.75, 3.05) is 0 Å². The van der Waals surface area contributed by atoms with Gasteiger partial charge in [0.25, 0.3) is 0 Å². The Morgan fingerprint density at radius 3 is 0.957 bits per heavy atom. The predicted molar refractivity (Wildman–Crippen MR) is 108 cm³/mol. The van der Waals surface area contributed by atoms with E-state index in [1.54, 1.807) is 0 Å². The van der Waals surface area contributed by atoms with E-state index in [1.165, 1.54) is 109 Å². The molecule has 0 radical (unpaired) electrons. The van der Waals surface area contributed by atoms with E-state index >= 15 is 0 Å². The van der Waals surface area contributed by atoms with Crippen molar-refractivity contribution in [1.82, 2.24) is 0 Å². The highest BCUT2D eigenvalue weighted by Crippen LogP contribution is 2.20. The minimum atomic E-state index is 0.968. The van der Waals surface area contributed by atoms with Crippen molar-refractivity contribution < 1.29 is 0 Å². The summed E-state index contributed by atoms with van der Waals surface area (Å²) in [4.78, 5) is 0. The van der Waals surface area contributed by atoms with Gasteiger partial charge in [0, 0.05) is 0 Å². The molecule has 0 heterocycles. The summed E-state index contributed by atoms with van der Waals surface area (Å²) in [5.74, 6) is 1.94. The summed E-state index contributed by atoms with van der Waals surface area (Å²) < 4.78 is 0. The van der Waals surface area contributed by atoms with E-state index in [9.17, 15) is 0 Å². The molecule has 0 aliphatic heterocycles. The van der Waals surface area contributed by atoms with Gasteiger partial charge in [-0.2, -0.15) is 0 Å². The first-order valence-corrected chi connectivity index (χ1v) is 11.2. The van der Waals surface area contributed by atoms with Gasteiger partial charge >= 0.3 is 0 Å². The molecule has 0 bridgehead atoms. The topological polar surface area (TPSA) is 0 Å². The Kier molecular flexibility index (Phi) is 18.3. The standard InChI is InChI=1S/C23H48/c1-5-7-9-14-18-22(3)20-16-12-11-13-17-21-23(4)19-15-10-8-6-2/h22-23H,5-21H2,1-4H3. The van der Waals surface area contributed by atoms with Crippen LogP contribution in [0.3, 0.4) is 0 Å². The number of hydrogen-bond acceptors (Lipinski definition) is 0. The Balaban J connectivity index is 3.22. The molecule has 0 nitrogen and oxygen atoms in total. The van der Waals surface area contributed by atoms with E-state index in [2.05, 4.69) is 27.7 Å². The molecule has 0 spiro atoms. The second-order valence-corrected chi connectivity index (χ2v) is 8.25. The van der Waals surface area contributed by atoms with Gasteiger partial charge in [-0.3, -0.25) is 0 Å². The predicted octanol–water partition coefficient (Wildman–Crippen LogP) is 8.93. The number of rotatable bonds is 18. The van der Waals surface area contributed by atoms with Crippen molar-refractivity contribution in [3.05, 3.63) is 0 Å². The fraction of sp³-hybridized carbons (Fsp3) is 1.00. The molecule has 23 heavy (non-hydrogen) atoms. The molecule has 0 saturated heterocycles. The maximum absolute atomic E-state index is 2.46. The highest BCUT2D eigenvalue weighted by atomic mass is 14.1. The smallest absolute Gasteiger partial charge is 0.0443 e. The van der Waals surface area contributed by atoms with Crippen LogP contribution in [0.4, 0.5) is 0 Å². The molecular weight excluding hydrogens is 276 g/mol. The van der Waals surface area contributed by atoms with E-state index in [0.717, 1.165) is 11.8 Å². The molecule has 0 aromatic carbocycles. The maximum Gasteiger partial charge on any atom is -0.0443 e. The molecule has 2 unspecified atom stereocenters. The van der Waals surface area contributed by atoms with Gasteiger partial charge in [0.2, 0.25) is 0 Å². The van der Waals surface area contributed by atoms with Gasteiger partial charge in [-0.25, -0.2) is 0 Å². The number of unbranched alkanes of at least 4 members (excludes halogenated alkanes) is 10. The minimum Gasteiger partial charge on any atom is -0.0654 e. The van der Waals surface area contributed by atoms with Crippen LogP contribution in [0.25, 0.3) is 0 Å². The van der Waals surface area contributed by atoms with Crippen LogP contribution in [-0.2, 0) is 0 Å². The first kappa shape index (κ1) is 23.0. The average molecular weight is 325 g/mol. The number of hydrogen-bond donors (Lipinski definition) is 0. The molecule has 0 amide bonds. The molecule has 2 atom stereocenters. The average Bonchev–Trinajstić information content (AvgIpc) is 2.54. The largest absolute Gasteiger partial charge is 0.0654 e. The van der Waals surface area contributed by atoms with E-state index in [4.69, 9.17) is 0 Å². The summed E-state index contributed by atoms with van der Waals surface area (Å²) in [6.07, 6.45) is 24.7. The van der Waals surface area contributed by atoms with Crippen LogP contribution in [0.5, 0.6) is 0 Å². The second kappa shape index (κ2) is 18.3. The lowest BCUT2D eigenvalue weighted by atomic mass is 9.94. The van der Waals surface area contributed by atoms with Crippen LogP contribution in [0.15, 0.2) is 0 Å². The van der Waals surface area contributed by atoms with E-state index in [1.807, 2.05) is 0 Å². The highest BCUT2D eigenvalue weighted by Gasteiger charge is 2.03. The van der Waals surface area contributed by atoms with E-state index in [-0.39, 0.29) is 0 Å². The zero-order valence-electron chi connectivity index (χ0n) is 17.2. The molecule has 0 fully saturated rings. The molecule has 0 aromatic heterocycles. The van der Waals surface area contributed by atoms with Crippen molar-refractivity contribution in [2.45, 2.75) is 137 Å². The third-order valence-corrected chi connectivity index (χ3v) is 5.49. The molecule has 0 aliphatic carbocycles. The third-order valence-electron chi connectivity index (χ3n) is 5.49. The minimum absolute atomic E-state index is 0.968. The van der Waals surface area contributed by atoms with Crippen molar-refractivity contribution in [2.24, 2.45) is 11.8 Å². The fourth-order valence-corrected chi connectivity index (χ4v) is 3.64. The maximum atomic E-state index is 2.46. The molecule has 140 valence electrons. The van der Waals surface area contributed by atoms with E-state index in [0.29, 0.717) is 0 Å². The zero-order valence-corrected chi connectivity index (χ0v) is 17.2. The van der Waals surface area contributed by atoms with Gasteiger partial charge in [0.15, 0.2) is 0 Å². The monoisotopic (exact) mass is 324 g/mol. The highest BCUT2D eigenvalue weighted by molar-refractivity contribution is 4.57. The Morgan fingerprint density at radius 1 is 0.391 bits per heavy atom. The molecule has 0 saturated carbocycles. The summed E-state index contributed by atoms with van der Waals surface area (Å²) in [5.41, 5.74) is 0. The lowest BCUT2D eigenvalue weighted by Crippen LogP contribution is -1.96.